The number of imidazole rings is 1. The molecule has 2 aromatic rings. The number of esters is 2. The standard InChI is InChI=1S/C21H34N6O5/c1-4-5-6-7-15(28)32-11-13(8-9-31-20(30)16(22)12(2)3)10-14-24-17-18(25-14)26-21(23)27-19(17)29/h12-13,16H,4-11,22H2,1-3H3,(H4,23,24,25,26,27,29)/t13?,16-/m0/s1. The van der Waals surface area contributed by atoms with E-state index in [9.17, 15) is 14.4 Å². The zero-order valence-electron chi connectivity index (χ0n) is 19.0. The van der Waals surface area contributed by atoms with Crippen LogP contribution in [0.1, 0.15) is 58.7 Å². The first-order chi connectivity index (χ1) is 15.2. The van der Waals surface area contributed by atoms with E-state index < -0.39 is 17.6 Å². The fourth-order valence-corrected chi connectivity index (χ4v) is 3.08. The summed E-state index contributed by atoms with van der Waals surface area (Å²) in [4.78, 5) is 49.7. The summed E-state index contributed by atoms with van der Waals surface area (Å²) in [6, 6.07) is -0.691. The minimum atomic E-state index is -0.691. The number of fused-ring (bicyclic) bond motifs is 1. The number of carbonyl (C=O) groups excluding carboxylic acids is 2. The highest BCUT2D eigenvalue weighted by atomic mass is 16.5. The van der Waals surface area contributed by atoms with E-state index in [-0.39, 0.29) is 48.1 Å². The van der Waals surface area contributed by atoms with Gasteiger partial charge >= 0.3 is 11.9 Å². The number of H-pyrrole nitrogens is 2. The number of aromatic amines is 2. The van der Waals surface area contributed by atoms with E-state index in [1.165, 1.54) is 0 Å². The number of nitrogens with two attached hydrogens (primary N) is 2. The van der Waals surface area contributed by atoms with Crippen molar-refractivity contribution in [1.29, 1.82) is 0 Å². The molecule has 0 saturated carbocycles. The van der Waals surface area contributed by atoms with E-state index in [0.717, 1.165) is 19.3 Å². The molecule has 11 heteroatoms. The summed E-state index contributed by atoms with van der Waals surface area (Å²) in [5.41, 5.74) is 11.4. The summed E-state index contributed by atoms with van der Waals surface area (Å²) in [7, 11) is 0. The van der Waals surface area contributed by atoms with Crippen molar-refractivity contribution in [2.45, 2.75) is 65.3 Å². The maximum atomic E-state index is 12.0. The SMILES string of the molecule is CCCCCC(=O)OCC(CCOC(=O)[C@@H](N)C(C)C)Cc1nc2nc(N)[nH]c(=O)c2[nH]1. The largest absolute Gasteiger partial charge is 0.465 e. The number of anilines is 1. The van der Waals surface area contributed by atoms with Crippen molar-refractivity contribution >= 4 is 29.1 Å². The zero-order valence-corrected chi connectivity index (χ0v) is 19.0. The van der Waals surface area contributed by atoms with Gasteiger partial charge in [-0.2, -0.15) is 4.98 Å². The molecule has 6 N–H and O–H groups in total. The zero-order chi connectivity index (χ0) is 23.7. The number of hydrogen-bond donors (Lipinski definition) is 4. The Hall–Kier alpha value is -2.95. The molecule has 11 nitrogen and oxygen atoms in total. The van der Waals surface area contributed by atoms with E-state index in [1.807, 2.05) is 13.8 Å². The fourth-order valence-electron chi connectivity index (χ4n) is 3.08. The predicted molar refractivity (Wildman–Crippen MR) is 120 cm³/mol. The van der Waals surface area contributed by atoms with Crippen molar-refractivity contribution in [3.05, 3.63) is 16.2 Å². The highest BCUT2D eigenvalue weighted by molar-refractivity contribution is 5.75. The van der Waals surface area contributed by atoms with Gasteiger partial charge in [-0.25, -0.2) is 4.98 Å². The van der Waals surface area contributed by atoms with Crippen molar-refractivity contribution < 1.29 is 19.1 Å². The third-order valence-electron chi connectivity index (χ3n) is 5.14. The third-order valence-corrected chi connectivity index (χ3v) is 5.14. The van der Waals surface area contributed by atoms with Crippen molar-refractivity contribution in [3.8, 4) is 0 Å². The normalized spacial score (nSPS) is 13.3. The summed E-state index contributed by atoms with van der Waals surface area (Å²) >= 11 is 0. The number of ether oxygens (including phenoxy) is 2. The summed E-state index contributed by atoms with van der Waals surface area (Å²) in [6.07, 6.45) is 3.93. The molecule has 2 rings (SSSR count). The molecule has 2 heterocycles. The van der Waals surface area contributed by atoms with Gasteiger partial charge in [-0.1, -0.05) is 33.6 Å². The highest BCUT2D eigenvalue weighted by Gasteiger charge is 2.21. The molecule has 0 amide bonds. The van der Waals surface area contributed by atoms with E-state index in [0.29, 0.717) is 25.1 Å². The number of nitrogens with zero attached hydrogens (tertiary/aromatic N) is 2. The first-order valence-electron chi connectivity index (χ1n) is 11.0. The molecular weight excluding hydrogens is 416 g/mol. The topological polar surface area (TPSA) is 179 Å². The van der Waals surface area contributed by atoms with Crippen molar-refractivity contribution in [3.63, 3.8) is 0 Å². The van der Waals surface area contributed by atoms with Crippen LogP contribution in [0.3, 0.4) is 0 Å². The van der Waals surface area contributed by atoms with Crippen LogP contribution in [0.4, 0.5) is 5.95 Å². The minimum absolute atomic E-state index is 0.0217. The van der Waals surface area contributed by atoms with Gasteiger partial charge in [-0.05, 0) is 18.8 Å². The van der Waals surface area contributed by atoms with Gasteiger partial charge in [0.1, 0.15) is 11.9 Å². The van der Waals surface area contributed by atoms with Gasteiger partial charge in [0.05, 0.1) is 13.2 Å². The van der Waals surface area contributed by atoms with Crippen molar-refractivity contribution in [1.82, 2.24) is 19.9 Å². The number of aromatic nitrogens is 4. The molecule has 178 valence electrons. The van der Waals surface area contributed by atoms with Gasteiger partial charge in [0.25, 0.3) is 5.56 Å². The van der Waals surface area contributed by atoms with Gasteiger partial charge in [0.2, 0.25) is 5.95 Å². The molecule has 0 fully saturated rings. The molecule has 0 radical (unpaired) electrons. The molecule has 0 bridgehead atoms. The molecule has 0 aliphatic heterocycles. The molecule has 0 spiro atoms. The molecule has 0 aliphatic rings. The van der Waals surface area contributed by atoms with Crippen LogP contribution in [0.15, 0.2) is 4.79 Å². The second-order valence-electron chi connectivity index (χ2n) is 8.27. The fraction of sp³-hybridized carbons (Fsp3) is 0.667. The van der Waals surface area contributed by atoms with E-state index >= 15 is 0 Å². The lowest BCUT2D eigenvalue weighted by molar-refractivity contribution is -0.149. The maximum Gasteiger partial charge on any atom is 0.323 e. The highest BCUT2D eigenvalue weighted by Crippen LogP contribution is 2.15. The van der Waals surface area contributed by atoms with Crippen LogP contribution in [0.5, 0.6) is 0 Å². The molecular formula is C21H34N6O5. The van der Waals surface area contributed by atoms with Gasteiger partial charge < -0.3 is 25.9 Å². The van der Waals surface area contributed by atoms with Crippen LogP contribution in [-0.4, -0.2) is 51.1 Å². The second-order valence-corrected chi connectivity index (χ2v) is 8.27. The minimum Gasteiger partial charge on any atom is -0.465 e. The summed E-state index contributed by atoms with van der Waals surface area (Å²) in [6.45, 7) is 6.02. The number of rotatable bonds is 13. The van der Waals surface area contributed by atoms with Crippen LogP contribution in [-0.2, 0) is 25.5 Å². The molecule has 2 atom stereocenters. The van der Waals surface area contributed by atoms with E-state index in [4.69, 9.17) is 20.9 Å². The monoisotopic (exact) mass is 450 g/mol. The molecule has 1 unspecified atom stereocenters. The van der Waals surface area contributed by atoms with E-state index in [2.05, 4.69) is 26.9 Å². The average molecular weight is 451 g/mol. The van der Waals surface area contributed by atoms with Crippen LogP contribution in [0.2, 0.25) is 0 Å². The molecule has 32 heavy (non-hydrogen) atoms. The molecule has 2 aromatic heterocycles. The number of hydrogen-bond acceptors (Lipinski definition) is 9. The Kier molecular flexibility index (Phi) is 9.63. The summed E-state index contributed by atoms with van der Waals surface area (Å²) in [5, 5.41) is 0. The molecule has 0 aliphatic carbocycles. The maximum absolute atomic E-state index is 12.0. The van der Waals surface area contributed by atoms with Crippen molar-refractivity contribution in [2.24, 2.45) is 17.6 Å². The van der Waals surface area contributed by atoms with Crippen LogP contribution in [0, 0.1) is 11.8 Å². The third kappa shape index (κ3) is 7.63. The Bertz CT molecular complexity index is 954. The Morgan fingerprint density at radius 1 is 1.12 bits per heavy atom. The second kappa shape index (κ2) is 12.2. The first kappa shape index (κ1) is 25.3. The molecule has 0 aromatic carbocycles. The smallest absolute Gasteiger partial charge is 0.323 e. The van der Waals surface area contributed by atoms with Gasteiger partial charge in [0, 0.05) is 18.8 Å². The summed E-state index contributed by atoms with van der Waals surface area (Å²) < 4.78 is 10.7. The number of nitrogens with one attached hydrogen (secondary N) is 2. The lowest BCUT2D eigenvalue weighted by Gasteiger charge is -2.18. The van der Waals surface area contributed by atoms with Gasteiger partial charge in [-0.3, -0.25) is 19.4 Å². The molecule has 0 saturated heterocycles. The lowest BCUT2D eigenvalue weighted by Crippen LogP contribution is -2.37. The Balaban J connectivity index is 2.02. The average Bonchev–Trinajstić information content (AvgIpc) is 3.13. The number of nitrogen functional groups attached to an aromatic ring is 1. The number of carbonyl (C=O) groups is 2. The summed E-state index contributed by atoms with van der Waals surface area (Å²) in [5.74, 6) is -0.475. The quantitative estimate of drug-likeness (QED) is 0.259. The Morgan fingerprint density at radius 2 is 1.88 bits per heavy atom. The predicted octanol–water partition coefficient (Wildman–Crippen LogP) is 1.43. The number of unbranched alkanes of at least 4 members (excludes halogenated alkanes) is 2. The van der Waals surface area contributed by atoms with Crippen LogP contribution >= 0.6 is 0 Å². The lowest BCUT2D eigenvalue weighted by atomic mass is 10.0. The van der Waals surface area contributed by atoms with Gasteiger partial charge in [0.15, 0.2) is 11.2 Å². The Labute approximate surface area is 186 Å². The van der Waals surface area contributed by atoms with E-state index in [1.54, 1.807) is 0 Å². The first-order valence-corrected chi connectivity index (χ1v) is 11.0. The van der Waals surface area contributed by atoms with Gasteiger partial charge in [-0.15, -0.1) is 0 Å². The van der Waals surface area contributed by atoms with Crippen LogP contribution in [0.25, 0.3) is 11.2 Å². The Morgan fingerprint density at radius 3 is 2.56 bits per heavy atom. The van der Waals surface area contributed by atoms with Crippen LogP contribution < -0.4 is 17.0 Å². The van der Waals surface area contributed by atoms with Crippen molar-refractivity contribution in [2.75, 3.05) is 18.9 Å².